The van der Waals surface area contributed by atoms with Crippen LogP contribution in [0.3, 0.4) is 0 Å². The van der Waals surface area contributed by atoms with E-state index >= 15 is 0 Å². The van der Waals surface area contributed by atoms with Gasteiger partial charge in [0, 0.05) is 6.54 Å². The predicted molar refractivity (Wildman–Crippen MR) is 68.5 cm³/mol. The molecule has 0 aromatic rings. The van der Waals surface area contributed by atoms with Gasteiger partial charge in [-0.2, -0.15) is 12.6 Å². The van der Waals surface area contributed by atoms with Crippen molar-refractivity contribution < 1.29 is 5.11 Å². The van der Waals surface area contributed by atoms with E-state index in [1.807, 2.05) is 0 Å². The van der Waals surface area contributed by atoms with Crippen molar-refractivity contribution in [2.75, 3.05) is 25.4 Å². The third-order valence-corrected chi connectivity index (χ3v) is 3.70. The van der Waals surface area contributed by atoms with Gasteiger partial charge < -0.3 is 10.0 Å². The van der Waals surface area contributed by atoms with Crippen molar-refractivity contribution in [3.63, 3.8) is 0 Å². The molecule has 15 heavy (non-hydrogen) atoms. The molecule has 0 radical (unpaired) electrons. The second-order valence-corrected chi connectivity index (χ2v) is 5.22. The van der Waals surface area contributed by atoms with E-state index in [9.17, 15) is 5.11 Å². The summed E-state index contributed by atoms with van der Waals surface area (Å²) in [5.74, 6) is 1.50. The van der Waals surface area contributed by atoms with Crippen LogP contribution in [0, 0.1) is 5.92 Å². The van der Waals surface area contributed by atoms with Gasteiger partial charge in [-0.15, -0.1) is 0 Å². The van der Waals surface area contributed by atoms with Crippen LogP contribution in [-0.2, 0) is 0 Å². The first-order valence-electron chi connectivity index (χ1n) is 6.25. The number of rotatable bonds is 6. The Kier molecular flexibility index (Phi) is 6.69. The van der Waals surface area contributed by atoms with Crippen LogP contribution in [-0.4, -0.2) is 41.5 Å². The zero-order chi connectivity index (χ0) is 11.1. The average Bonchev–Trinajstić information content (AvgIpc) is 2.23. The lowest BCUT2D eigenvalue weighted by Crippen LogP contribution is -2.43. The van der Waals surface area contributed by atoms with Gasteiger partial charge in [0.05, 0.1) is 6.10 Å². The molecule has 0 bridgehead atoms. The van der Waals surface area contributed by atoms with E-state index in [-0.39, 0.29) is 6.10 Å². The van der Waals surface area contributed by atoms with Gasteiger partial charge in [0.1, 0.15) is 0 Å². The summed E-state index contributed by atoms with van der Waals surface area (Å²) in [6, 6.07) is 0. The quantitative estimate of drug-likeness (QED) is 0.541. The lowest BCUT2D eigenvalue weighted by atomic mass is 9.96. The number of nitrogens with zero attached hydrogens (tertiary/aromatic N) is 1. The van der Waals surface area contributed by atoms with Crippen LogP contribution in [0.5, 0.6) is 0 Å². The molecule has 0 spiro atoms. The van der Waals surface area contributed by atoms with Gasteiger partial charge in [0.15, 0.2) is 0 Å². The summed E-state index contributed by atoms with van der Waals surface area (Å²) >= 11 is 4.20. The molecule has 1 fully saturated rings. The Morgan fingerprint density at radius 2 is 2.00 bits per heavy atom. The van der Waals surface area contributed by atoms with Crippen molar-refractivity contribution in [3.05, 3.63) is 0 Å². The smallest absolute Gasteiger partial charge is 0.0693 e. The van der Waals surface area contributed by atoms with Crippen LogP contribution in [0.2, 0.25) is 0 Å². The van der Waals surface area contributed by atoms with Crippen molar-refractivity contribution in [2.45, 2.75) is 45.1 Å². The second-order valence-electron chi connectivity index (χ2n) is 4.77. The molecular weight excluding hydrogens is 206 g/mol. The van der Waals surface area contributed by atoms with Gasteiger partial charge in [0.2, 0.25) is 0 Å². The molecule has 0 aromatic heterocycles. The first-order valence-corrected chi connectivity index (χ1v) is 6.88. The number of β-amino-alcohol motifs (C(OH)–C–C–N with tert-alkyl or cyclic N) is 1. The molecule has 1 aliphatic heterocycles. The minimum absolute atomic E-state index is 0.101. The van der Waals surface area contributed by atoms with Crippen molar-refractivity contribution in [1.82, 2.24) is 4.90 Å². The highest BCUT2D eigenvalue weighted by atomic mass is 32.1. The fourth-order valence-electron chi connectivity index (χ4n) is 2.12. The number of likely N-dealkylation sites (tertiary alicyclic amines) is 1. The highest BCUT2D eigenvalue weighted by Crippen LogP contribution is 2.17. The molecule has 0 aliphatic carbocycles. The minimum Gasteiger partial charge on any atom is -0.392 e. The van der Waals surface area contributed by atoms with Gasteiger partial charge in [-0.25, -0.2) is 0 Å². The molecule has 1 heterocycles. The third kappa shape index (κ3) is 5.23. The zero-order valence-electron chi connectivity index (χ0n) is 9.86. The Hall–Kier alpha value is 0.270. The standard InChI is InChI=1S/C12H25NOS/c1-11-6-8-13(10-12(11)14)7-4-2-3-5-9-15/h11-12,14-15H,2-10H2,1H3. The largest absolute Gasteiger partial charge is 0.392 e. The van der Waals surface area contributed by atoms with E-state index in [0.717, 1.165) is 25.3 Å². The number of thiol groups is 1. The topological polar surface area (TPSA) is 23.5 Å². The van der Waals surface area contributed by atoms with Crippen LogP contribution < -0.4 is 0 Å². The van der Waals surface area contributed by atoms with Crippen LogP contribution in [0.25, 0.3) is 0 Å². The van der Waals surface area contributed by atoms with Crippen molar-refractivity contribution in [1.29, 1.82) is 0 Å². The summed E-state index contributed by atoms with van der Waals surface area (Å²) in [4.78, 5) is 2.41. The molecule has 2 unspecified atom stereocenters. The summed E-state index contributed by atoms with van der Waals surface area (Å²) in [7, 11) is 0. The average molecular weight is 231 g/mol. The number of unbranched alkanes of at least 4 members (excludes halogenated alkanes) is 3. The van der Waals surface area contributed by atoms with E-state index < -0.39 is 0 Å². The molecule has 1 rings (SSSR count). The van der Waals surface area contributed by atoms with E-state index in [1.54, 1.807) is 0 Å². The number of aliphatic hydroxyl groups excluding tert-OH is 1. The first-order chi connectivity index (χ1) is 7.24. The molecule has 1 aliphatic rings. The Morgan fingerprint density at radius 1 is 1.27 bits per heavy atom. The SMILES string of the molecule is CC1CCN(CCCCCCS)CC1O. The number of hydrogen-bond donors (Lipinski definition) is 2. The molecule has 2 nitrogen and oxygen atoms in total. The van der Waals surface area contributed by atoms with Crippen molar-refractivity contribution in [3.8, 4) is 0 Å². The van der Waals surface area contributed by atoms with Gasteiger partial charge >= 0.3 is 0 Å². The summed E-state index contributed by atoms with van der Waals surface area (Å²) < 4.78 is 0. The van der Waals surface area contributed by atoms with E-state index in [4.69, 9.17) is 0 Å². The maximum Gasteiger partial charge on any atom is 0.0693 e. The Balaban J connectivity index is 2.02. The fourth-order valence-corrected chi connectivity index (χ4v) is 2.34. The summed E-state index contributed by atoms with van der Waals surface area (Å²) in [5, 5.41) is 9.74. The molecule has 0 saturated carbocycles. The predicted octanol–water partition coefficient (Wildman–Crippen LogP) is 2.18. The number of piperidine rings is 1. The zero-order valence-corrected chi connectivity index (χ0v) is 10.8. The molecule has 2 atom stereocenters. The van der Waals surface area contributed by atoms with Crippen LogP contribution in [0.15, 0.2) is 0 Å². The molecule has 1 N–H and O–H groups in total. The molecule has 0 amide bonds. The van der Waals surface area contributed by atoms with Gasteiger partial charge in [-0.3, -0.25) is 0 Å². The van der Waals surface area contributed by atoms with Crippen LogP contribution in [0.1, 0.15) is 39.0 Å². The maximum absolute atomic E-state index is 9.74. The maximum atomic E-state index is 9.74. The number of aliphatic hydroxyl groups is 1. The Morgan fingerprint density at radius 3 is 2.67 bits per heavy atom. The lowest BCUT2D eigenvalue weighted by Gasteiger charge is -2.34. The van der Waals surface area contributed by atoms with Crippen molar-refractivity contribution >= 4 is 12.6 Å². The lowest BCUT2D eigenvalue weighted by molar-refractivity contribution is 0.0286. The second kappa shape index (κ2) is 7.53. The van der Waals surface area contributed by atoms with Gasteiger partial charge in [-0.1, -0.05) is 19.8 Å². The molecule has 90 valence electrons. The Labute approximate surface area is 99.5 Å². The highest BCUT2D eigenvalue weighted by molar-refractivity contribution is 7.80. The van der Waals surface area contributed by atoms with Crippen molar-refractivity contribution in [2.24, 2.45) is 5.92 Å². The van der Waals surface area contributed by atoms with Crippen LogP contribution in [0.4, 0.5) is 0 Å². The Bertz CT molecular complexity index is 166. The first kappa shape index (κ1) is 13.3. The highest BCUT2D eigenvalue weighted by Gasteiger charge is 2.23. The van der Waals surface area contributed by atoms with E-state index in [1.165, 1.54) is 32.2 Å². The monoisotopic (exact) mass is 231 g/mol. The van der Waals surface area contributed by atoms with Gasteiger partial charge in [0.25, 0.3) is 0 Å². The molecule has 3 heteroatoms. The van der Waals surface area contributed by atoms with E-state index in [2.05, 4.69) is 24.5 Å². The van der Waals surface area contributed by atoms with Crippen LogP contribution >= 0.6 is 12.6 Å². The summed E-state index contributed by atoms with van der Waals surface area (Å²) in [5.41, 5.74) is 0. The van der Waals surface area contributed by atoms with Gasteiger partial charge in [-0.05, 0) is 44.0 Å². The number of hydrogen-bond acceptors (Lipinski definition) is 3. The minimum atomic E-state index is -0.101. The normalized spacial score (nSPS) is 28.2. The fraction of sp³-hybridized carbons (Fsp3) is 1.00. The summed E-state index contributed by atoms with van der Waals surface area (Å²) in [6.07, 6.45) is 6.17. The molecule has 1 saturated heterocycles. The molecular formula is C12H25NOS. The molecule has 0 aromatic carbocycles. The van der Waals surface area contributed by atoms with E-state index in [0.29, 0.717) is 5.92 Å². The summed E-state index contributed by atoms with van der Waals surface area (Å²) in [6.45, 7) is 5.36. The third-order valence-electron chi connectivity index (χ3n) is 3.39.